The zero-order chi connectivity index (χ0) is 60.2. The molecule has 4 aliphatic heterocycles. The quantitative estimate of drug-likeness (QED) is 0.0764. The molecule has 87 heavy (non-hydrogen) atoms. The lowest BCUT2D eigenvalue weighted by atomic mass is 9.92. The molecule has 0 aliphatic carbocycles. The van der Waals surface area contributed by atoms with Crippen LogP contribution >= 0.6 is 34.6 Å². The maximum absolute atomic E-state index is 12.7. The summed E-state index contributed by atoms with van der Waals surface area (Å²) in [6.07, 6.45) is 13.9. The van der Waals surface area contributed by atoms with Gasteiger partial charge in [-0.2, -0.15) is 18.1 Å². The van der Waals surface area contributed by atoms with Crippen LogP contribution in [0.4, 0.5) is 15.4 Å². The molecular weight excluding hydrogens is 1230 g/mol. The molecule has 4 aromatic heterocycles. The first-order valence-corrected chi connectivity index (χ1v) is 35.5. The van der Waals surface area contributed by atoms with Crippen molar-refractivity contribution in [2.75, 3.05) is 47.0 Å². The first-order valence-electron chi connectivity index (χ1n) is 28.7. The summed E-state index contributed by atoms with van der Waals surface area (Å²) in [6.45, 7) is 7.93. The van der Waals surface area contributed by atoms with Crippen molar-refractivity contribution in [2.45, 2.75) is 117 Å². The second kappa shape index (κ2) is 28.3. The molecule has 0 spiro atoms. The van der Waals surface area contributed by atoms with Gasteiger partial charge in [0, 0.05) is 89.8 Å². The maximum Gasteiger partial charge on any atom is 0.263 e. The third-order valence-electron chi connectivity index (χ3n) is 15.7. The Kier molecular flexibility index (Phi) is 20.0. The molecule has 4 aliphatic rings. The van der Waals surface area contributed by atoms with E-state index in [9.17, 15) is 25.3 Å². The molecule has 9 aromatic rings. The lowest BCUT2D eigenvalue weighted by Gasteiger charge is -2.39. The van der Waals surface area contributed by atoms with E-state index in [2.05, 4.69) is 116 Å². The number of nitrogens with one attached hydrogen (secondary N) is 3. The number of nitrogens with zero attached hydrogens (tertiary/aromatic N) is 11. The molecule has 5 aromatic carbocycles. The van der Waals surface area contributed by atoms with Crippen LogP contribution in [0.2, 0.25) is 0 Å². The van der Waals surface area contributed by atoms with Gasteiger partial charge in [0.05, 0.1) is 21.3 Å². The maximum atomic E-state index is 12.7. The fraction of sp³-hybridized carbons (Fsp3) is 0.356. The number of rotatable bonds is 17. The van der Waals surface area contributed by atoms with Gasteiger partial charge >= 0.3 is 0 Å². The summed E-state index contributed by atoms with van der Waals surface area (Å²) in [5.74, 6) is 2.30. The first kappa shape index (κ1) is 61.5. The molecule has 456 valence electrons. The van der Waals surface area contributed by atoms with E-state index in [0.29, 0.717) is 30.3 Å². The minimum Gasteiger partial charge on any atom is -0.493 e. The van der Waals surface area contributed by atoms with Gasteiger partial charge in [-0.05, 0) is 124 Å². The smallest absolute Gasteiger partial charge is 0.263 e. The van der Waals surface area contributed by atoms with Gasteiger partial charge in [-0.15, -0.1) is 0 Å². The molecule has 0 saturated carbocycles. The molecule has 22 nitrogen and oxygen atoms in total. The first-order chi connectivity index (χ1) is 42.2. The molecule has 28 heteroatoms. The lowest BCUT2D eigenvalue weighted by molar-refractivity contribution is 0.106. The number of sulfonamides is 3. The van der Waals surface area contributed by atoms with Crippen LogP contribution in [0.25, 0.3) is 0 Å². The van der Waals surface area contributed by atoms with Crippen LogP contribution in [0, 0.1) is 6.92 Å². The monoisotopic (exact) mass is 1290 g/mol. The van der Waals surface area contributed by atoms with Gasteiger partial charge in [0.1, 0.15) is 24.7 Å². The highest BCUT2D eigenvalue weighted by Crippen LogP contribution is 2.41. The average Bonchev–Trinajstić information content (AvgIpc) is 4.54. The Morgan fingerprint density at radius 1 is 0.517 bits per heavy atom. The molecular formula is C59H66N14O8S6. The van der Waals surface area contributed by atoms with Crippen LogP contribution in [0.5, 0.6) is 5.75 Å². The normalized spacial score (nSPS) is 18.8. The van der Waals surface area contributed by atoms with E-state index < -0.39 is 30.1 Å². The van der Waals surface area contributed by atoms with Crippen LogP contribution in [0.1, 0.15) is 121 Å². The zero-order valence-corrected chi connectivity index (χ0v) is 52.5. The van der Waals surface area contributed by atoms with Gasteiger partial charge in [0.15, 0.2) is 5.82 Å². The standard InChI is InChI=1S/2C20H22N4O2S2.C19H22N6O4S2/c2*25-28(26,23-20-21-15-22-27-20)18-11-9-16(10-12-18)14-24-13-5-4-8-19(24)17-6-2-1-3-7-17;1-12-22-18(29-23-12)13-4-7-25(8-5-13)16-6-9-28-17-10-14(2-3-15(16)17)31(26,27)24-19-20-11-21-30-19/h2*1-3,6-7,9-12,15,19H,4-5,8,13-14H2,(H,21,22,23);2-3,10-11,13,16H,4-9H2,1H3,(H,20,21,24)/t2*19-;/m10./s1. The third kappa shape index (κ3) is 16.0. The van der Waals surface area contributed by atoms with Crippen LogP contribution in [-0.2, 0) is 43.2 Å². The minimum absolute atomic E-state index is 0.146. The predicted molar refractivity (Wildman–Crippen MR) is 334 cm³/mol. The number of piperidine rings is 3. The summed E-state index contributed by atoms with van der Waals surface area (Å²) < 4.78 is 105. The molecule has 1 unspecified atom stereocenters. The van der Waals surface area contributed by atoms with Crippen molar-refractivity contribution in [1.29, 1.82) is 0 Å². The number of hydrogen-bond acceptors (Lipinski definition) is 22. The number of aryl methyl sites for hydroxylation is 1. The van der Waals surface area contributed by atoms with Crippen molar-refractivity contribution in [3.8, 4) is 5.75 Å². The van der Waals surface area contributed by atoms with Crippen LogP contribution in [0.15, 0.2) is 166 Å². The third-order valence-corrected chi connectivity index (χ3v) is 21.9. The largest absolute Gasteiger partial charge is 0.493 e. The Bertz CT molecular complexity index is 3790. The lowest BCUT2D eigenvalue weighted by Crippen LogP contribution is -2.38. The van der Waals surface area contributed by atoms with E-state index in [1.165, 1.54) is 55.8 Å². The number of likely N-dealkylation sites (tertiary alicyclic amines) is 3. The van der Waals surface area contributed by atoms with Crippen molar-refractivity contribution >= 4 is 80.1 Å². The van der Waals surface area contributed by atoms with Crippen molar-refractivity contribution in [3.63, 3.8) is 0 Å². The fourth-order valence-corrected chi connectivity index (χ4v) is 16.5. The summed E-state index contributed by atoms with van der Waals surface area (Å²) in [4.78, 5) is 24.0. The molecule has 3 atom stereocenters. The van der Waals surface area contributed by atoms with E-state index in [1.54, 1.807) is 36.4 Å². The molecule has 3 saturated heterocycles. The average molecular weight is 1290 g/mol. The summed E-state index contributed by atoms with van der Waals surface area (Å²) >= 11 is 3.01. The van der Waals surface area contributed by atoms with Gasteiger partial charge in [0.2, 0.25) is 21.3 Å². The summed E-state index contributed by atoms with van der Waals surface area (Å²) in [5, 5.41) is 4.67. The van der Waals surface area contributed by atoms with E-state index >= 15 is 0 Å². The van der Waals surface area contributed by atoms with Crippen LogP contribution in [-0.4, -0.2) is 111 Å². The second-order valence-electron chi connectivity index (χ2n) is 21.5. The Morgan fingerprint density at radius 2 is 0.977 bits per heavy atom. The fourth-order valence-electron chi connectivity index (χ4n) is 11.5. The topological polar surface area (TPSA) is 274 Å². The summed E-state index contributed by atoms with van der Waals surface area (Å²) in [5.41, 5.74) is 5.94. The van der Waals surface area contributed by atoms with Crippen molar-refractivity contribution in [2.24, 2.45) is 0 Å². The van der Waals surface area contributed by atoms with Gasteiger partial charge in [-0.3, -0.25) is 28.9 Å². The van der Waals surface area contributed by atoms with Crippen LogP contribution < -0.4 is 18.9 Å². The van der Waals surface area contributed by atoms with E-state index in [0.717, 1.165) is 129 Å². The molecule has 0 bridgehead atoms. The number of aromatic nitrogens is 8. The highest BCUT2D eigenvalue weighted by Gasteiger charge is 2.34. The number of hydrogen-bond donors (Lipinski definition) is 3. The zero-order valence-electron chi connectivity index (χ0n) is 47.6. The van der Waals surface area contributed by atoms with Gasteiger partial charge < -0.3 is 9.26 Å². The highest BCUT2D eigenvalue weighted by atomic mass is 32.2. The van der Waals surface area contributed by atoms with Gasteiger partial charge in [0.25, 0.3) is 30.1 Å². The SMILES string of the molecule is Cc1noc(C2CCN(C3CCOc4cc(S(=O)(=O)Nc5ncns5)ccc43)CC2)n1.O=S(=O)(Nc1ncns1)c1ccc(CN2CCCC[C@@H]2c2ccccc2)cc1.O=S(=O)(Nc1ncns1)c1ccc(CN2CCCC[C@H]2c2ccccc2)cc1. The minimum atomic E-state index is -3.75. The van der Waals surface area contributed by atoms with Gasteiger partial charge in [-0.25, -0.2) is 40.2 Å². The molecule has 0 radical (unpaired) electrons. The Morgan fingerprint density at radius 3 is 1.41 bits per heavy atom. The predicted octanol–water partition coefficient (Wildman–Crippen LogP) is 10.9. The number of benzene rings is 5. The highest BCUT2D eigenvalue weighted by molar-refractivity contribution is 7.93. The van der Waals surface area contributed by atoms with E-state index in [1.807, 2.05) is 49.4 Å². The van der Waals surface area contributed by atoms with E-state index in [-0.39, 0.29) is 42.0 Å². The Balaban J connectivity index is 0.000000135. The molecule has 3 fully saturated rings. The summed E-state index contributed by atoms with van der Waals surface area (Å²) in [7, 11) is -11.0. The molecule has 0 amide bonds. The van der Waals surface area contributed by atoms with Crippen molar-refractivity contribution < 1.29 is 34.5 Å². The van der Waals surface area contributed by atoms with Crippen molar-refractivity contribution in [1.82, 2.24) is 52.9 Å². The van der Waals surface area contributed by atoms with Crippen LogP contribution in [0.3, 0.4) is 0 Å². The second-order valence-corrected chi connectivity index (χ2v) is 28.9. The van der Waals surface area contributed by atoms with Crippen molar-refractivity contribution in [3.05, 3.63) is 186 Å². The number of anilines is 3. The molecule has 8 heterocycles. The molecule has 3 N–H and O–H groups in total. The number of fused-ring (bicyclic) bond motifs is 1. The van der Waals surface area contributed by atoms with Gasteiger partial charge in [-0.1, -0.05) is 109 Å². The Labute approximate surface area is 519 Å². The summed E-state index contributed by atoms with van der Waals surface area (Å²) in [6, 6.07) is 41.5. The Hall–Kier alpha value is -7.15. The number of ether oxygens (including phenoxy) is 1. The molecule has 13 rings (SSSR count). The van der Waals surface area contributed by atoms with E-state index in [4.69, 9.17) is 9.26 Å².